The molecule has 5 nitrogen and oxygen atoms in total. The van der Waals surface area contributed by atoms with E-state index in [4.69, 9.17) is 5.11 Å². The third-order valence-corrected chi connectivity index (χ3v) is 3.18. The van der Waals surface area contributed by atoms with Crippen LogP contribution in [0, 0.1) is 5.82 Å². The Hall–Kier alpha value is -1.66. The van der Waals surface area contributed by atoms with Gasteiger partial charge in [-0.15, -0.1) is 0 Å². The van der Waals surface area contributed by atoms with Crippen LogP contribution in [-0.4, -0.2) is 61.3 Å². The van der Waals surface area contributed by atoms with Gasteiger partial charge in [0.15, 0.2) is 0 Å². The van der Waals surface area contributed by atoms with Crippen LogP contribution in [0.2, 0.25) is 0 Å². The van der Waals surface area contributed by atoms with E-state index in [2.05, 4.69) is 5.32 Å². The second kappa shape index (κ2) is 8.59. The topological polar surface area (TPSA) is 55.8 Å². The fraction of sp³-hybridized carbons (Fsp3) is 0.533. The average Bonchev–Trinajstić information content (AvgIpc) is 2.43. The summed E-state index contributed by atoms with van der Waals surface area (Å²) in [6, 6.07) is 5.58. The van der Waals surface area contributed by atoms with Gasteiger partial charge in [-0.3, -0.25) is 0 Å². The highest BCUT2D eigenvalue weighted by molar-refractivity contribution is 5.74. The minimum Gasteiger partial charge on any atom is -0.395 e. The number of nitrogens with zero attached hydrogens (tertiary/aromatic N) is 2. The molecule has 0 aliphatic carbocycles. The van der Waals surface area contributed by atoms with Gasteiger partial charge in [0.25, 0.3) is 0 Å². The van der Waals surface area contributed by atoms with Crippen molar-refractivity contribution < 1.29 is 14.3 Å². The van der Waals surface area contributed by atoms with Crippen LogP contribution in [0.3, 0.4) is 0 Å². The Kier molecular flexibility index (Phi) is 7.11. The molecule has 0 aliphatic heterocycles. The molecule has 1 rings (SSSR count). The third-order valence-electron chi connectivity index (χ3n) is 3.18. The number of benzene rings is 1. The van der Waals surface area contributed by atoms with E-state index >= 15 is 0 Å². The number of halogens is 1. The Morgan fingerprint density at radius 2 is 1.86 bits per heavy atom. The molecule has 0 bridgehead atoms. The van der Waals surface area contributed by atoms with Gasteiger partial charge in [-0.25, -0.2) is 9.18 Å². The summed E-state index contributed by atoms with van der Waals surface area (Å²) < 4.78 is 12.9. The molecule has 0 aliphatic rings. The Morgan fingerprint density at radius 3 is 2.38 bits per heavy atom. The van der Waals surface area contributed by atoms with Gasteiger partial charge in [0.1, 0.15) is 5.82 Å². The lowest BCUT2D eigenvalue weighted by molar-refractivity contribution is 0.168. The average molecular weight is 297 g/mol. The number of urea groups is 1. The number of hydrogen-bond donors (Lipinski definition) is 2. The van der Waals surface area contributed by atoms with E-state index in [1.54, 1.807) is 17.0 Å². The summed E-state index contributed by atoms with van der Waals surface area (Å²) in [5, 5.41) is 11.9. The van der Waals surface area contributed by atoms with Crippen molar-refractivity contribution in [2.24, 2.45) is 0 Å². The first kappa shape index (κ1) is 17.4. The number of aliphatic hydroxyl groups excluding tert-OH is 1. The zero-order valence-electron chi connectivity index (χ0n) is 12.8. The first-order chi connectivity index (χ1) is 9.93. The van der Waals surface area contributed by atoms with E-state index in [0.29, 0.717) is 6.54 Å². The van der Waals surface area contributed by atoms with Gasteiger partial charge in [-0.2, -0.15) is 0 Å². The third kappa shape index (κ3) is 6.10. The van der Waals surface area contributed by atoms with E-state index < -0.39 is 0 Å². The predicted molar refractivity (Wildman–Crippen MR) is 80.6 cm³/mol. The number of rotatable bonds is 7. The summed E-state index contributed by atoms with van der Waals surface area (Å²) >= 11 is 0. The van der Waals surface area contributed by atoms with Gasteiger partial charge in [0.2, 0.25) is 0 Å². The molecule has 0 radical (unpaired) electrons. The minimum atomic E-state index is -0.301. The maximum atomic E-state index is 12.9. The molecule has 21 heavy (non-hydrogen) atoms. The van der Waals surface area contributed by atoms with Gasteiger partial charge in [0.05, 0.1) is 12.6 Å². The molecule has 0 saturated carbocycles. The Labute approximate surface area is 125 Å². The van der Waals surface area contributed by atoms with E-state index in [-0.39, 0.29) is 31.0 Å². The lowest BCUT2D eigenvalue weighted by Crippen LogP contribution is -2.45. The van der Waals surface area contributed by atoms with Crippen LogP contribution >= 0.6 is 0 Å². The number of aliphatic hydroxyl groups is 1. The molecule has 0 saturated heterocycles. The van der Waals surface area contributed by atoms with E-state index in [1.807, 2.05) is 25.9 Å². The molecular weight excluding hydrogens is 273 g/mol. The molecule has 2 N–H and O–H groups in total. The quantitative estimate of drug-likeness (QED) is 0.801. The monoisotopic (exact) mass is 297 g/mol. The number of amides is 2. The number of nitrogens with one attached hydrogen (secondary N) is 1. The van der Waals surface area contributed by atoms with Crippen LogP contribution < -0.4 is 5.32 Å². The molecular formula is C15H24FN3O2. The largest absolute Gasteiger partial charge is 0.395 e. The lowest BCUT2D eigenvalue weighted by Gasteiger charge is -2.26. The lowest BCUT2D eigenvalue weighted by atomic mass is 10.1. The van der Waals surface area contributed by atoms with Crippen LogP contribution in [0.1, 0.15) is 18.5 Å². The number of likely N-dealkylation sites (N-methyl/N-ethyl adjacent to an activating group) is 1. The van der Waals surface area contributed by atoms with Crippen molar-refractivity contribution in [2.75, 3.05) is 40.3 Å². The smallest absolute Gasteiger partial charge is 0.317 e. The molecule has 1 aromatic rings. The number of carbonyl (C=O) groups excluding carboxylic acids is 1. The van der Waals surface area contributed by atoms with Crippen LogP contribution in [0.25, 0.3) is 0 Å². The molecule has 0 unspecified atom stereocenters. The second-order valence-electron chi connectivity index (χ2n) is 5.24. The van der Waals surface area contributed by atoms with Crippen molar-refractivity contribution in [3.8, 4) is 0 Å². The summed E-state index contributed by atoms with van der Waals surface area (Å²) in [5.74, 6) is -0.301. The van der Waals surface area contributed by atoms with E-state index in [0.717, 1.165) is 12.1 Å². The van der Waals surface area contributed by atoms with Crippen molar-refractivity contribution in [1.29, 1.82) is 0 Å². The van der Waals surface area contributed by atoms with Crippen molar-refractivity contribution in [2.45, 2.75) is 13.0 Å². The van der Waals surface area contributed by atoms with Gasteiger partial charge < -0.3 is 20.2 Å². The van der Waals surface area contributed by atoms with Crippen molar-refractivity contribution >= 4 is 6.03 Å². The highest BCUT2D eigenvalue weighted by atomic mass is 19.1. The first-order valence-electron chi connectivity index (χ1n) is 7.00. The summed E-state index contributed by atoms with van der Waals surface area (Å²) in [7, 11) is 3.85. The molecule has 1 atom stereocenters. The molecule has 0 aromatic heterocycles. The predicted octanol–water partition coefficient (Wildman–Crippen LogP) is 1.45. The molecule has 0 heterocycles. The van der Waals surface area contributed by atoms with Gasteiger partial charge >= 0.3 is 6.03 Å². The van der Waals surface area contributed by atoms with Gasteiger partial charge in [-0.05, 0) is 38.7 Å². The number of carbonyl (C=O) groups is 1. The van der Waals surface area contributed by atoms with E-state index in [9.17, 15) is 9.18 Å². The summed E-state index contributed by atoms with van der Waals surface area (Å²) in [4.78, 5) is 15.8. The molecule has 0 fully saturated rings. The van der Waals surface area contributed by atoms with Crippen LogP contribution in [0.5, 0.6) is 0 Å². The molecule has 6 heteroatoms. The fourth-order valence-electron chi connectivity index (χ4n) is 1.87. The van der Waals surface area contributed by atoms with Crippen molar-refractivity contribution in [3.05, 3.63) is 35.6 Å². The fourth-order valence-corrected chi connectivity index (χ4v) is 1.87. The Morgan fingerprint density at radius 1 is 1.24 bits per heavy atom. The maximum absolute atomic E-state index is 12.9. The molecule has 1 aromatic carbocycles. The summed E-state index contributed by atoms with van der Waals surface area (Å²) in [5.41, 5.74) is 0.835. The Balaban J connectivity index is 2.60. The van der Waals surface area contributed by atoms with Gasteiger partial charge in [0, 0.05) is 19.6 Å². The minimum absolute atomic E-state index is 0.0776. The normalized spacial score (nSPS) is 12.3. The molecule has 0 spiro atoms. The molecule has 2 amide bonds. The zero-order chi connectivity index (χ0) is 15.8. The van der Waals surface area contributed by atoms with Crippen molar-refractivity contribution in [3.63, 3.8) is 0 Å². The van der Waals surface area contributed by atoms with Crippen LogP contribution in [0.4, 0.5) is 9.18 Å². The van der Waals surface area contributed by atoms with E-state index in [1.165, 1.54) is 12.1 Å². The number of hydrogen-bond acceptors (Lipinski definition) is 3. The van der Waals surface area contributed by atoms with Crippen LogP contribution in [-0.2, 0) is 0 Å². The summed E-state index contributed by atoms with van der Waals surface area (Å²) in [6.07, 6.45) is 0. The molecule has 118 valence electrons. The van der Waals surface area contributed by atoms with Crippen molar-refractivity contribution in [1.82, 2.24) is 15.1 Å². The highest BCUT2D eigenvalue weighted by Gasteiger charge is 2.16. The van der Waals surface area contributed by atoms with Gasteiger partial charge in [-0.1, -0.05) is 12.1 Å². The highest BCUT2D eigenvalue weighted by Crippen LogP contribution is 2.13. The summed E-state index contributed by atoms with van der Waals surface area (Å²) in [6.45, 7) is 3.31. The van der Waals surface area contributed by atoms with Crippen LogP contribution in [0.15, 0.2) is 24.3 Å². The maximum Gasteiger partial charge on any atom is 0.317 e. The zero-order valence-corrected chi connectivity index (χ0v) is 12.8. The SMILES string of the molecule is C[C@@H](NC(=O)N(CCO)CCN(C)C)c1ccc(F)cc1. The first-order valence-corrected chi connectivity index (χ1v) is 7.00. The Bertz CT molecular complexity index is 437. The second-order valence-corrected chi connectivity index (χ2v) is 5.24. The standard InChI is InChI=1S/C15H24FN3O2/c1-12(13-4-6-14(16)7-5-13)17-15(21)19(10-11-20)9-8-18(2)3/h4-7,12,20H,8-11H2,1-3H3,(H,17,21)/t12-/m1/s1.